The predicted octanol–water partition coefficient (Wildman–Crippen LogP) is 16.6. The lowest BCUT2D eigenvalue weighted by Crippen LogP contribution is -1.97. The van der Waals surface area contributed by atoms with E-state index in [9.17, 15) is 0 Å². The van der Waals surface area contributed by atoms with Crippen molar-refractivity contribution < 1.29 is 0 Å². The summed E-state index contributed by atoms with van der Waals surface area (Å²) in [6.45, 7) is 2.23. The van der Waals surface area contributed by atoms with Gasteiger partial charge >= 0.3 is 0 Å². The number of benzene rings is 11. The maximum Gasteiger partial charge on any atom is 0.0972 e. The van der Waals surface area contributed by atoms with Gasteiger partial charge < -0.3 is 0 Å². The Balaban J connectivity index is 0.917. The third kappa shape index (κ3) is 6.26. The van der Waals surface area contributed by atoms with Crippen LogP contribution >= 0.6 is 0 Å². The number of nitrogens with zero attached hydrogens (tertiary/aromatic N) is 2. The summed E-state index contributed by atoms with van der Waals surface area (Å²) in [6, 6.07) is 78.9. The molecule has 11 aromatic carbocycles. The van der Waals surface area contributed by atoms with Gasteiger partial charge in [0.25, 0.3) is 0 Å². The standard InChI is InChI=1S/C61H40N2/c1-39-13-10-18-42-29-30-44-20-12-24-55(59(44)57(39)42)54-23-11-19-43-31-32-48-37-47(33-34-50(48)58(43)54)40-25-27-41(28-26-40)49-35-36-53(52-22-9-8-21-51(49)52)56-38-62-60(45-14-4-2-5-15-45)61(63-56)46-16-6-3-7-17-46/h2-38H,1H3. The molecular weight excluding hydrogens is 761 g/mol. The summed E-state index contributed by atoms with van der Waals surface area (Å²) in [5.74, 6) is 0. The Hall–Kier alpha value is -8.20. The first-order valence-corrected chi connectivity index (χ1v) is 21.6. The van der Waals surface area contributed by atoms with Crippen molar-refractivity contribution in [2.75, 3.05) is 0 Å². The number of aryl methyl sites for hydroxylation is 1. The second kappa shape index (κ2) is 15.1. The second-order valence-corrected chi connectivity index (χ2v) is 16.5. The third-order valence-corrected chi connectivity index (χ3v) is 12.8. The van der Waals surface area contributed by atoms with E-state index in [0.29, 0.717) is 0 Å². The summed E-state index contributed by atoms with van der Waals surface area (Å²) in [7, 11) is 0. The van der Waals surface area contributed by atoms with Crippen molar-refractivity contribution in [1.82, 2.24) is 9.97 Å². The predicted molar refractivity (Wildman–Crippen MR) is 267 cm³/mol. The number of hydrogen-bond acceptors (Lipinski definition) is 2. The van der Waals surface area contributed by atoms with Crippen molar-refractivity contribution in [3.8, 4) is 67.2 Å². The fraction of sp³-hybridized carbons (Fsp3) is 0.0164. The van der Waals surface area contributed by atoms with E-state index in [1.165, 1.54) is 87.4 Å². The zero-order valence-electron chi connectivity index (χ0n) is 34.8. The van der Waals surface area contributed by atoms with E-state index in [4.69, 9.17) is 9.97 Å². The van der Waals surface area contributed by atoms with Gasteiger partial charge in [-0.25, -0.2) is 4.98 Å². The van der Waals surface area contributed by atoms with Crippen LogP contribution in [0.5, 0.6) is 0 Å². The molecule has 0 bridgehead atoms. The van der Waals surface area contributed by atoms with Crippen LogP contribution in [0.15, 0.2) is 225 Å². The van der Waals surface area contributed by atoms with E-state index in [1.807, 2.05) is 30.5 Å². The molecule has 0 radical (unpaired) electrons. The number of rotatable bonds is 6. The molecule has 1 heterocycles. The molecule has 12 rings (SSSR count). The summed E-state index contributed by atoms with van der Waals surface area (Å²) in [6.07, 6.45) is 1.92. The molecule has 294 valence electrons. The average Bonchev–Trinajstić information content (AvgIpc) is 3.36. The molecule has 0 fully saturated rings. The van der Waals surface area contributed by atoms with Crippen molar-refractivity contribution in [2.45, 2.75) is 6.92 Å². The molecule has 2 heteroatoms. The minimum Gasteiger partial charge on any atom is -0.252 e. The second-order valence-electron chi connectivity index (χ2n) is 16.5. The Kier molecular flexibility index (Phi) is 8.76. The Labute approximate surface area is 366 Å². The Bertz CT molecular complexity index is 3720. The molecule has 63 heavy (non-hydrogen) atoms. The summed E-state index contributed by atoms with van der Waals surface area (Å²) >= 11 is 0. The normalized spacial score (nSPS) is 11.6. The topological polar surface area (TPSA) is 25.8 Å². The molecule has 0 N–H and O–H groups in total. The molecular formula is C61H40N2. The Morgan fingerprint density at radius 1 is 0.302 bits per heavy atom. The fourth-order valence-electron chi connectivity index (χ4n) is 9.82. The van der Waals surface area contributed by atoms with Crippen LogP contribution in [0, 0.1) is 6.92 Å². The summed E-state index contributed by atoms with van der Waals surface area (Å²) < 4.78 is 0. The van der Waals surface area contributed by atoms with Gasteiger partial charge in [-0.05, 0) is 106 Å². The van der Waals surface area contributed by atoms with E-state index < -0.39 is 0 Å². The van der Waals surface area contributed by atoms with Gasteiger partial charge in [0, 0.05) is 16.7 Å². The Morgan fingerprint density at radius 3 is 1.56 bits per heavy atom. The Morgan fingerprint density at radius 2 is 0.841 bits per heavy atom. The van der Waals surface area contributed by atoms with Gasteiger partial charge in [0.2, 0.25) is 0 Å². The molecule has 0 spiro atoms. The molecule has 0 aliphatic carbocycles. The van der Waals surface area contributed by atoms with E-state index >= 15 is 0 Å². The molecule has 12 aromatic rings. The summed E-state index contributed by atoms with van der Waals surface area (Å²) in [5.41, 5.74) is 14.3. The lowest BCUT2D eigenvalue weighted by molar-refractivity contribution is 1.21. The zero-order chi connectivity index (χ0) is 41.9. The van der Waals surface area contributed by atoms with Crippen molar-refractivity contribution in [3.05, 3.63) is 230 Å². The van der Waals surface area contributed by atoms with Crippen LogP contribution in [-0.2, 0) is 0 Å². The maximum absolute atomic E-state index is 5.31. The van der Waals surface area contributed by atoms with Gasteiger partial charge in [-0.1, -0.05) is 212 Å². The number of aromatic nitrogens is 2. The molecule has 0 saturated carbocycles. The van der Waals surface area contributed by atoms with E-state index in [2.05, 4.69) is 201 Å². The number of fused-ring (bicyclic) bond motifs is 7. The first-order valence-electron chi connectivity index (χ1n) is 21.6. The van der Waals surface area contributed by atoms with Crippen LogP contribution in [0.1, 0.15) is 5.56 Å². The molecule has 0 aliphatic rings. The molecule has 1 aromatic heterocycles. The van der Waals surface area contributed by atoms with Gasteiger partial charge in [-0.3, -0.25) is 4.98 Å². The van der Waals surface area contributed by atoms with Crippen molar-refractivity contribution >= 4 is 53.9 Å². The lowest BCUT2D eigenvalue weighted by Gasteiger charge is -2.16. The minimum atomic E-state index is 0.851. The van der Waals surface area contributed by atoms with Gasteiger partial charge in [-0.2, -0.15) is 0 Å². The molecule has 0 atom stereocenters. The van der Waals surface area contributed by atoms with Crippen LogP contribution in [0.3, 0.4) is 0 Å². The fourth-order valence-corrected chi connectivity index (χ4v) is 9.82. The first kappa shape index (κ1) is 36.6. The third-order valence-electron chi connectivity index (χ3n) is 12.8. The van der Waals surface area contributed by atoms with E-state index in [0.717, 1.165) is 39.2 Å². The highest BCUT2D eigenvalue weighted by Crippen LogP contribution is 2.42. The van der Waals surface area contributed by atoms with Crippen molar-refractivity contribution in [3.63, 3.8) is 0 Å². The van der Waals surface area contributed by atoms with Gasteiger partial charge in [-0.15, -0.1) is 0 Å². The monoisotopic (exact) mass is 800 g/mol. The zero-order valence-corrected chi connectivity index (χ0v) is 34.8. The van der Waals surface area contributed by atoms with Gasteiger partial charge in [0.15, 0.2) is 0 Å². The SMILES string of the molecule is Cc1cccc2ccc3cccc(-c4cccc5ccc6cc(-c7ccc(-c8ccc(-c9cnc(-c%10ccccc%10)c(-c%10ccccc%10)n9)c9ccccc89)cc7)ccc6c45)c3c12. The van der Waals surface area contributed by atoms with Gasteiger partial charge in [0.05, 0.1) is 23.3 Å². The number of hydrogen-bond donors (Lipinski definition) is 0. The van der Waals surface area contributed by atoms with Crippen molar-refractivity contribution in [2.24, 2.45) is 0 Å². The van der Waals surface area contributed by atoms with E-state index in [-0.39, 0.29) is 0 Å². The summed E-state index contributed by atoms with van der Waals surface area (Å²) in [5, 5.41) is 12.6. The molecule has 0 saturated heterocycles. The highest BCUT2D eigenvalue weighted by molar-refractivity contribution is 6.21. The highest BCUT2D eigenvalue weighted by Gasteiger charge is 2.17. The van der Waals surface area contributed by atoms with Crippen LogP contribution in [0.2, 0.25) is 0 Å². The van der Waals surface area contributed by atoms with Crippen LogP contribution in [0.4, 0.5) is 0 Å². The van der Waals surface area contributed by atoms with Crippen LogP contribution in [0.25, 0.3) is 121 Å². The van der Waals surface area contributed by atoms with Crippen LogP contribution in [-0.4, -0.2) is 9.97 Å². The lowest BCUT2D eigenvalue weighted by atomic mass is 9.88. The maximum atomic E-state index is 5.31. The van der Waals surface area contributed by atoms with E-state index in [1.54, 1.807) is 0 Å². The minimum absolute atomic E-state index is 0.851. The molecule has 0 amide bonds. The largest absolute Gasteiger partial charge is 0.252 e. The quantitative estimate of drug-likeness (QED) is 0.157. The molecule has 0 unspecified atom stereocenters. The smallest absolute Gasteiger partial charge is 0.0972 e. The molecule has 2 nitrogen and oxygen atoms in total. The highest BCUT2D eigenvalue weighted by atomic mass is 14.8. The van der Waals surface area contributed by atoms with Crippen molar-refractivity contribution in [1.29, 1.82) is 0 Å². The summed E-state index contributed by atoms with van der Waals surface area (Å²) in [4.78, 5) is 10.3. The van der Waals surface area contributed by atoms with Crippen LogP contribution < -0.4 is 0 Å². The van der Waals surface area contributed by atoms with Gasteiger partial charge in [0.1, 0.15) is 0 Å². The molecule has 0 aliphatic heterocycles. The average molecular weight is 801 g/mol. The first-order chi connectivity index (χ1) is 31.2.